The number of sulfone groups is 1. The molecule has 1 atom stereocenters. The molecule has 0 saturated carbocycles. The summed E-state index contributed by atoms with van der Waals surface area (Å²) < 4.78 is 23.0. The van der Waals surface area contributed by atoms with Gasteiger partial charge in [0, 0.05) is 19.5 Å². The Morgan fingerprint density at radius 1 is 1.26 bits per heavy atom. The van der Waals surface area contributed by atoms with Crippen LogP contribution in [-0.4, -0.2) is 50.4 Å². The van der Waals surface area contributed by atoms with Crippen molar-refractivity contribution >= 4 is 15.7 Å². The van der Waals surface area contributed by atoms with Crippen LogP contribution >= 0.6 is 0 Å². The Bertz CT molecular complexity index is 381. The van der Waals surface area contributed by atoms with Crippen molar-refractivity contribution in [1.29, 1.82) is 0 Å². The zero-order valence-electron chi connectivity index (χ0n) is 11.8. The minimum absolute atomic E-state index is 0.0903. The number of amides is 1. The summed E-state index contributed by atoms with van der Waals surface area (Å²) >= 11 is 0. The van der Waals surface area contributed by atoms with Crippen molar-refractivity contribution in [2.24, 2.45) is 11.7 Å². The van der Waals surface area contributed by atoms with Gasteiger partial charge in [0.05, 0.1) is 11.5 Å². The largest absolute Gasteiger partial charge is 0.342 e. The fourth-order valence-corrected chi connectivity index (χ4v) is 3.73. The summed E-state index contributed by atoms with van der Waals surface area (Å²) in [5.41, 5.74) is 5.54. The third kappa shape index (κ3) is 5.91. The molecule has 6 heteroatoms. The van der Waals surface area contributed by atoms with Gasteiger partial charge in [0.2, 0.25) is 5.91 Å². The number of hydrogen-bond acceptors (Lipinski definition) is 4. The first-order valence-corrected chi connectivity index (χ1v) is 8.99. The van der Waals surface area contributed by atoms with E-state index in [2.05, 4.69) is 6.92 Å². The van der Waals surface area contributed by atoms with E-state index in [1.165, 1.54) is 0 Å². The van der Waals surface area contributed by atoms with Gasteiger partial charge in [-0.1, -0.05) is 13.3 Å². The van der Waals surface area contributed by atoms with E-state index in [0.29, 0.717) is 38.4 Å². The lowest BCUT2D eigenvalue weighted by Gasteiger charge is -2.21. The predicted octanol–water partition coefficient (Wildman–Crippen LogP) is 0.789. The van der Waals surface area contributed by atoms with Gasteiger partial charge < -0.3 is 10.6 Å². The number of nitrogens with two attached hydrogens (primary N) is 1. The molecule has 2 N–H and O–H groups in total. The standard InChI is InChI=1S/C13H26N2O3S/c1-2-12(6-7-14)4-5-13(16)15-8-3-10-19(17,18)11-9-15/h12H,2-11,14H2,1H3. The van der Waals surface area contributed by atoms with Crippen molar-refractivity contribution in [3.05, 3.63) is 0 Å². The summed E-state index contributed by atoms with van der Waals surface area (Å²) in [6, 6.07) is 0. The molecule has 1 saturated heterocycles. The first kappa shape index (κ1) is 16.4. The minimum Gasteiger partial charge on any atom is -0.342 e. The van der Waals surface area contributed by atoms with Gasteiger partial charge in [0.1, 0.15) is 0 Å². The molecule has 1 aliphatic rings. The van der Waals surface area contributed by atoms with Crippen LogP contribution in [0.25, 0.3) is 0 Å². The summed E-state index contributed by atoms with van der Waals surface area (Å²) in [5, 5.41) is 0. The van der Waals surface area contributed by atoms with Gasteiger partial charge in [-0.15, -0.1) is 0 Å². The van der Waals surface area contributed by atoms with E-state index in [4.69, 9.17) is 5.73 Å². The molecular weight excluding hydrogens is 264 g/mol. The van der Waals surface area contributed by atoms with Crippen LogP contribution in [0.15, 0.2) is 0 Å². The maximum atomic E-state index is 12.1. The highest BCUT2D eigenvalue weighted by Crippen LogP contribution is 2.16. The van der Waals surface area contributed by atoms with E-state index in [0.717, 1.165) is 19.3 Å². The van der Waals surface area contributed by atoms with Gasteiger partial charge in [0.25, 0.3) is 0 Å². The van der Waals surface area contributed by atoms with Crippen LogP contribution in [0.4, 0.5) is 0 Å². The van der Waals surface area contributed by atoms with Crippen molar-refractivity contribution in [3.63, 3.8) is 0 Å². The van der Waals surface area contributed by atoms with E-state index >= 15 is 0 Å². The first-order valence-electron chi connectivity index (χ1n) is 7.16. The van der Waals surface area contributed by atoms with Gasteiger partial charge >= 0.3 is 0 Å². The van der Waals surface area contributed by atoms with Crippen molar-refractivity contribution < 1.29 is 13.2 Å². The molecular formula is C13H26N2O3S. The van der Waals surface area contributed by atoms with Crippen molar-refractivity contribution in [3.8, 4) is 0 Å². The number of hydrogen-bond donors (Lipinski definition) is 1. The normalized spacial score (nSPS) is 20.8. The second kappa shape index (κ2) is 7.85. The molecule has 0 aromatic rings. The summed E-state index contributed by atoms with van der Waals surface area (Å²) in [6.45, 7) is 3.71. The molecule has 0 aliphatic carbocycles. The molecule has 0 aromatic carbocycles. The molecule has 0 spiro atoms. The molecule has 1 fully saturated rings. The van der Waals surface area contributed by atoms with E-state index in [-0.39, 0.29) is 17.4 Å². The zero-order valence-corrected chi connectivity index (χ0v) is 12.6. The van der Waals surface area contributed by atoms with E-state index in [1.807, 2.05) is 0 Å². The minimum atomic E-state index is -2.94. The lowest BCUT2D eigenvalue weighted by atomic mass is 9.96. The molecule has 1 unspecified atom stereocenters. The van der Waals surface area contributed by atoms with E-state index in [1.54, 1.807) is 4.90 Å². The van der Waals surface area contributed by atoms with Gasteiger partial charge in [-0.05, 0) is 31.7 Å². The predicted molar refractivity (Wildman–Crippen MR) is 76.5 cm³/mol. The second-order valence-corrected chi connectivity index (χ2v) is 7.58. The average Bonchev–Trinajstić information content (AvgIpc) is 2.55. The van der Waals surface area contributed by atoms with Crippen LogP contribution in [0.1, 0.15) is 39.0 Å². The molecule has 5 nitrogen and oxygen atoms in total. The summed E-state index contributed by atoms with van der Waals surface area (Å²) in [6.07, 6.45) is 3.93. The lowest BCUT2D eigenvalue weighted by Crippen LogP contribution is -2.33. The molecule has 1 rings (SSSR count). The topological polar surface area (TPSA) is 80.5 Å². The molecule has 1 heterocycles. The Morgan fingerprint density at radius 3 is 2.63 bits per heavy atom. The Balaban J connectivity index is 2.40. The van der Waals surface area contributed by atoms with Gasteiger partial charge in [-0.2, -0.15) is 0 Å². The maximum absolute atomic E-state index is 12.1. The summed E-state index contributed by atoms with van der Waals surface area (Å²) in [4.78, 5) is 13.8. The number of carbonyl (C=O) groups excluding carboxylic acids is 1. The van der Waals surface area contributed by atoms with E-state index in [9.17, 15) is 13.2 Å². The Hall–Kier alpha value is -0.620. The zero-order chi connectivity index (χ0) is 14.3. The fourth-order valence-electron chi connectivity index (χ4n) is 2.46. The first-order chi connectivity index (χ1) is 8.98. The fraction of sp³-hybridized carbons (Fsp3) is 0.923. The quantitative estimate of drug-likeness (QED) is 0.784. The van der Waals surface area contributed by atoms with Crippen LogP contribution in [0.5, 0.6) is 0 Å². The van der Waals surface area contributed by atoms with Crippen LogP contribution in [-0.2, 0) is 14.6 Å². The number of nitrogens with zero attached hydrogens (tertiary/aromatic N) is 1. The highest BCUT2D eigenvalue weighted by molar-refractivity contribution is 7.91. The lowest BCUT2D eigenvalue weighted by molar-refractivity contribution is -0.131. The molecule has 0 radical (unpaired) electrons. The monoisotopic (exact) mass is 290 g/mol. The molecule has 1 aliphatic heterocycles. The molecule has 0 aromatic heterocycles. The molecule has 112 valence electrons. The Morgan fingerprint density at radius 2 is 2.00 bits per heavy atom. The highest BCUT2D eigenvalue weighted by atomic mass is 32.2. The molecule has 19 heavy (non-hydrogen) atoms. The molecule has 1 amide bonds. The van der Waals surface area contributed by atoms with Crippen LogP contribution in [0.2, 0.25) is 0 Å². The third-order valence-corrected chi connectivity index (χ3v) is 5.54. The second-order valence-electron chi connectivity index (χ2n) is 5.28. The van der Waals surface area contributed by atoms with Gasteiger partial charge in [-0.25, -0.2) is 8.42 Å². The Kier molecular flexibility index (Phi) is 6.79. The van der Waals surface area contributed by atoms with Crippen molar-refractivity contribution in [2.45, 2.75) is 39.0 Å². The van der Waals surface area contributed by atoms with E-state index < -0.39 is 9.84 Å². The van der Waals surface area contributed by atoms with Crippen LogP contribution in [0, 0.1) is 5.92 Å². The van der Waals surface area contributed by atoms with Crippen molar-refractivity contribution in [1.82, 2.24) is 4.90 Å². The van der Waals surface area contributed by atoms with Gasteiger partial charge in [-0.3, -0.25) is 4.79 Å². The van der Waals surface area contributed by atoms with Crippen LogP contribution in [0.3, 0.4) is 0 Å². The smallest absolute Gasteiger partial charge is 0.222 e. The molecule has 0 bridgehead atoms. The number of carbonyl (C=O) groups is 1. The van der Waals surface area contributed by atoms with Crippen LogP contribution < -0.4 is 5.73 Å². The summed E-state index contributed by atoms with van der Waals surface area (Å²) in [5.74, 6) is 0.914. The SMILES string of the molecule is CCC(CCN)CCC(=O)N1CCCS(=O)(=O)CC1. The van der Waals surface area contributed by atoms with Gasteiger partial charge in [0.15, 0.2) is 9.84 Å². The number of rotatable bonds is 6. The Labute approximate surface area is 116 Å². The maximum Gasteiger partial charge on any atom is 0.222 e. The highest BCUT2D eigenvalue weighted by Gasteiger charge is 2.22. The third-order valence-electron chi connectivity index (χ3n) is 3.83. The summed E-state index contributed by atoms with van der Waals surface area (Å²) in [7, 11) is -2.94. The van der Waals surface area contributed by atoms with Crippen molar-refractivity contribution in [2.75, 3.05) is 31.1 Å². The average molecular weight is 290 g/mol.